The van der Waals surface area contributed by atoms with E-state index in [9.17, 15) is 4.79 Å². The first-order valence-corrected chi connectivity index (χ1v) is 11.9. The first kappa shape index (κ1) is 21.6. The second kappa shape index (κ2) is 9.22. The van der Waals surface area contributed by atoms with Gasteiger partial charge in [0, 0.05) is 37.6 Å². The van der Waals surface area contributed by atoms with E-state index < -0.39 is 0 Å². The first-order valence-electron chi connectivity index (χ1n) is 11.1. The van der Waals surface area contributed by atoms with Crippen LogP contribution in [0.15, 0.2) is 30.3 Å². The predicted molar refractivity (Wildman–Crippen MR) is 127 cm³/mol. The lowest BCUT2D eigenvalue weighted by atomic mass is 10.1. The zero-order valence-corrected chi connectivity index (χ0v) is 19.7. The molecule has 1 saturated heterocycles. The Balaban J connectivity index is 1.49. The number of rotatable bonds is 6. The Morgan fingerprint density at radius 3 is 2.42 bits per heavy atom. The van der Waals surface area contributed by atoms with E-state index in [1.165, 1.54) is 22.6 Å². The summed E-state index contributed by atoms with van der Waals surface area (Å²) in [4.78, 5) is 23.0. The van der Waals surface area contributed by atoms with Gasteiger partial charge in [-0.25, -0.2) is 9.67 Å². The van der Waals surface area contributed by atoms with E-state index in [4.69, 9.17) is 10.1 Å². The molecule has 2 aromatic heterocycles. The maximum Gasteiger partial charge on any atom is 0.266 e. The smallest absolute Gasteiger partial charge is 0.266 e. The maximum absolute atomic E-state index is 13.3. The van der Waals surface area contributed by atoms with Gasteiger partial charge in [-0.2, -0.15) is 5.10 Å². The van der Waals surface area contributed by atoms with Crippen molar-refractivity contribution in [2.24, 2.45) is 0 Å². The molecule has 0 atom stereocenters. The van der Waals surface area contributed by atoms with Crippen LogP contribution in [0.25, 0.3) is 5.13 Å². The predicted octanol–water partition coefficient (Wildman–Crippen LogP) is 4.56. The van der Waals surface area contributed by atoms with Crippen molar-refractivity contribution in [3.8, 4) is 5.13 Å². The molecule has 1 fully saturated rings. The Bertz CT molecular complexity index is 1050. The Morgan fingerprint density at radius 1 is 1.03 bits per heavy atom. The molecule has 6 nitrogen and oxygen atoms in total. The van der Waals surface area contributed by atoms with Crippen molar-refractivity contribution < 1.29 is 4.79 Å². The van der Waals surface area contributed by atoms with E-state index in [0.717, 1.165) is 72.5 Å². The maximum atomic E-state index is 13.3. The lowest BCUT2D eigenvalue weighted by Gasteiger charge is -2.36. The van der Waals surface area contributed by atoms with Crippen LogP contribution in [0.3, 0.4) is 0 Å². The molecule has 1 aromatic carbocycles. The van der Waals surface area contributed by atoms with Crippen molar-refractivity contribution in [2.45, 2.75) is 47.0 Å². The number of benzene rings is 1. The molecule has 1 aliphatic rings. The zero-order chi connectivity index (χ0) is 22.0. The van der Waals surface area contributed by atoms with Crippen molar-refractivity contribution in [1.29, 1.82) is 0 Å². The van der Waals surface area contributed by atoms with Gasteiger partial charge in [0.25, 0.3) is 5.91 Å². The Kier molecular flexibility index (Phi) is 6.41. The standard InChI is InChI=1S/C24H31N5OS/c1-5-6-12-21-17(2)26-29(19(21)4)24-25-18(3)22(31-24)23(30)28-15-13-27(14-16-28)20-10-8-7-9-11-20/h7-11H,5-6,12-16H2,1-4H3. The Morgan fingerprint density at radius 2 is 1.74 bits per heavy atom. The number of para-hydroxylation sites is 1. The molecule has 7 heteroatoms. The molecule has 1 amide bonds. The van der Waals surface area contributed by atoms with Gasteiger partial charge < -0.3 is 9.80 Å². The number of nitrogens with zero attached hydrogens (tertiary/aromatic N) is 5. The average Bonchev–Trinajstić information content (AvgIpc) is 3.31. The van der Waals surface area contributed by atoms with Crippen LogP contribution >= 0.6 is 11.3 Å². The minimum atomic E-state index is 0.0849. The van der Waals surface area contributed by atoms with Crippen molar-refractivity contribution in [2.75, 3.05) is 31.1 Å². The highest BCUT2D eigenvalue weighted by atomic mass is 32.1. The van der Waals surface area contributed by atoms with E-state index >= 15 is 0 Å². The summed E-state index contributed by atoms with van der Waals surface area (Å²) in [6, 6.07) is 10.4. The van der Waals surface area contributed by atoms with Crippen LogP contribution in [0, 0.1) is 20.8 Å². The van der Waals surface area contributed by atoms with Gasteiger partial charge in [0.2, 0.25) is 5.13 Å². The summed E-state index contributed by atoms with van der Waals surface area (Å²) in [7, 11) is 0. The minimum Gasteiger partial charge on any atom is -0.368 e. The molecule has 1 aliphatic heterocycles. The van der Waals surface area contributed by atoms with Crippen LogP contribution in [-0.2, 0) is 6.42 Å². The van der Waals surface area contributed by atoms with Gasteiger partial charge in [0.15, 0.2) is 0 Å². The molecule has 0 spiro atoms. The molecule has 0 radical (unpaired) electrons. The molecular weight excluding hydrogens is 406 g/mol. The van der Waals surface area contributed by atoms with E-state index in [2.05, 4.69) is 49.9 Å². The summed E-state index contributed by atoms with van der Waals surface area (Å²) in [5.41, 5.74) is 5.51. The van der Waals surface area contributed by atoms with E-state index in [1.54, 1.807) is 0 Å². The second-order valence-corrected chi connectivity index (χ2v) is 9.17. The molecule has 164 valence electrons. The average molecular weight is 438 g/mol. The third kappa shape index (κ3) is 4.37. The number of anilines is 1. The van der Waals surface area contributed by atoms with E-state index in [1.807, 2.05) is 22.6 Å². The van der Waals surface area contributed by atoms with E-state index in [-0.39, 0.29) is 5.91 Å². The highest BCUT2D eigenvalue weighted by molar-refractivity contribution is 7.16. The van der Waals surface area contributed by atoms with Crippen LogP contribution in [0.2, 0.25) is 0 Å². The van der Waals surface area contributed by atoms with E-state index in [0.29, 0.717) is 0 Å². The largest absolute Gasteiger partial charge is 0.368 e. The van der Waals surface area contributed by atoms with Gasteiger partial charge in [-0.1, -0.05) is 42.9 Å². The molecule has 0 N–H and O–H groups in total. The number of aryl methyl sites for hydroxylation is 2. The summed E-state index contributed by atoms with van der Waals surface area (Å²) in [6.45, 7) is 11.4. The molecule has 0 aliphatic carbocycles. The lowest BCUT2D eigenvalue weighted by Crippen LogP contribution is -2.48. The van der Waals surface area contributed by atoms with Crippen molar-refractivity contribution in [3.63, 3.8) is 0 Å². The molecule has 31 heavy (non-hydrogen) atoms. The number of hydrogen-bond donors (Lipinski definition) is 0. The summed E-state index contributed by atoms with van der Waals surface area (Å²) in [5.74, 6) is 0.0849. The minimum absolute atomic E-state index is 0.0849. The quantitative estimate of drug-likeness (QED) is 0.567. The summed E-state index contributed by atoms with van der Waals surface area (Å²) in [6.07, 6.45) is 3.36. The third-order valence-corrected chi connectivity index (χ3v) is 7.19. The number of carbonyl (C=O) groups is 1. The number of amides is 1. The fourth-order valence-corrected chi connectivity index (χ4v) is 5.24. The van der Waals surface area contributed by atoms with Gasteiger partial charge in [-0.15, -0.1) is 0 Å². The Hall–Kier alpha value is -2.67. The molecular formula is C24H31N5OS. The number of carbonyl (C=O) groups excluding carboxylic acids is 1. The second-order valence-electron chi connectivity index (χ2n) is 8.19. The monoisotopic (exact) mass is 437 g/mol. The van der Waals surface area contributed by atoms with Crippen LogP contribution in [0.5, 0.6) is 0 Å². The van der Waals surface area contributed by atoms with Gasteiger partial charge in [0.05, 0.1) is 11.4 Å². The topological polar surface area (TPSA) is 54.3 Å². The summed E-state index contributed by atoms with van der Waals surface area (Å²) in [5, 5.41) is 5.52. The zero-order valence-electron chi connectivity index (χ0n) is 18.9. The van der Waals surface area contributed by atoms with Gasteiger partial charge >= 0.3 is 0 Å². The highest BCUT2D eigenvalue weighted by Gasteiger charge is 2.26. The number of thiazole rings is 1. The molecule has 0 bridgehead atoms. The SMILES string of the molecule is CCCCc1c(C)nn(-c2nc(C)c(C(=O)N3CCN(c4ccccc4)CC3)s2)c1C. The number of unbranched alkanes of at least 4 members (excludes halogenated alkanes) is 1. The van der Waals surface area contributed by atoms with Crippen LogP contribution in [0.1, 0.15) is 52.1 Å². The van der Waals surface area contributed by atoms with Crippen LogP contribution in [-0.4, -0.2) is 51.8 Å². The lowest BCUT2D eigenvalue weighted by molar-refractivity contribution is 0.0750. The molecule has 3 aromatic rings. The normalized spacial score (nSPS) is 14.3. The van der Waals surface area contributed by atoms with Crippen LogP contribution < -0.4 is 4.90 Å². The third-order valence-electron chi connectivity index (χ3n) is 6.07. The van der Waals surface area contributed by atoms with Crippen molar-refractivity contribution >= 4 is 22.9 Å². The number of hydrogen-bond acceptors (Lipinski definition) is 5. The van der Waals surface area contributed by atoms with Gasteiger partial charge in [0.1, 0.15) is 4.88 Å². The Labute approximate surface area is 188 Å². The van der Waals surface area contributed by atoms with Crippen LogP contribution in [0.4, 0.5) is 5.69 Å². The first-order chi connectivity index (χ1) is 15.0. The fourth-order valence-electron chi connectivity index (χ4n) is 4.20. The summed E-state index contributed by atoms with van der Waals surface area (Å²) >= 11 is 1.46. The molecule has 4 rings (SSSR count). The van der Waals surface area contributed by atoms with Crippen molar-refractivity contribution in [3.05, 3.63) is 57.9 Å². The fraction of sp³-hybridized carbons (Fsp3) is 0.458. The molecule has 3 heterocycles. The van der Waals surface area contributed by atoms with Crippen molar-refractivity contribution in [1.82, 2.24) is 19.7 Å². The summed E-state index contributed by atoms with van der Waals surface area (Å²) < 4.78 is 1.92. The van der Waals surface area contributed by atoms with Gasteiger partial charge in [-0.05, 0) is 51.3 Å². The number of aromatic nitrogens is 3. The number of piperazine rings is 1. The molecule has 0 unspecified atom stereocenters. The molecule has 0 saturated carbocycles. The highest BCUT2D eigenvalue weighted by Crippen LogP contribution is 2.27. The van der Waals surface area contributed by atoms with Gasteiger partial charge in [-0.3, -0.25) is 4.79 Å².